The molecule has 1 unspecified atom stereocenters. The number of nitrogens with zero attached hydrogens (tertiary/aromatic N) is 3. The molecule has 0 spiro atoms. The number of carbonyl (C=O) groups is 2. The lowest BCUT2D eigenvalue weighted by atomic mass is 10.2. The van der Waals surface area contributed by atoms with Crippen LogP contribution in [-0.4, -0.2) is 38.8 Å². The highest BCUT2D eigenvalue weighted by atomic mass is 16.6. The molecule has 0 fully saturated rings. The Morgan fingerprint density at radius 1 is 1.13 bits per heavy atom. The van der Waals surface area contributed by atoms with Crippen molar-refractivity contribution in [2.24, 2.45) is 0 Å². The second kappa shape index (κ2) is 8.95. The first kappa shape index (κ1) is 21.3. The molecule has 3 rings (SSSR count). The van der Waals surface area contributed by atoms with Gasteiger partial charge in [0.2, 0.25) is 5.91 Å². The number of rotatable bonds is 8. The Hall–Kier alpha value is -4.41. The van der Waals surface area contributed by atoms with Gasteiger partial charge in [-0.3, -0.25) is 14.9 Å². The van der Waals surface area contributed by atoms with E-state index in [1.165, 1.54) is 44.5 Å². The standard InChI is InChI=1S/C20H18N4O7/c1-12(23-18(20(26)27)7-8-21-23)19(25)22-13-9-14(24(28)29)11-17(10-13)31-16-5-3-15(30-2)4-6-16/h3-12H,1-2H3,(H,22,25)(H,26,27). The number of carbonyl (C=O) groups excluding carboxylic acids is 1. The van der Waals surface area contributed by atoms with Crippen LogP contribution in [0.2, 0.25) is 0 Å². The van der Waals surface area contributed by atoms with Crippen molar-refractivity contribution in [2.45, 2.75) is 13.0 Å². The SMILES string of the molecule is COc1ccc(Oc2cc(NC(=O)C(C)n3nccc3C(=O)O)cc([N+](=O)[O-])c2)cc1. The van der Waals surface area contributed by atoms with Gasteiger partial charge in [-0.25, -0.2) is 9.48 Å². The monoisotopic (exact) mass is 426 g/mol. The van der Waals surface area contributed by atoms with Crippen molar-refractivity contribution in [3.05, 3.63) is 70.5 Å². The van der Waals surface area contributed by atoms with E-state index in [9.17, 15) is 24.8 Å². The van der Waals surface area contributed by atoms with Gasteiger partial charge in [0.1, 0.15) is 29.0 Å². The highest BCUT2D eigenvalue weighted by Gasteiger charge is 2.22. The maximum Gasteiger partial charge on any atom is 0.354 e. The fraction of sp³-hybridized carbons (Fsp3) is 0.150. The molecule has 0 bridgehead atoms. The van der Waals surface area contributed by atoms with Crippen molar-refractivity contribution in [3.63, 3.8) is 0 Å². The quantitative estimate of drug-likeness (QED) is 0.411. The lowest BCUT2D eigenvalue weighted by molar-refractivity contribution is -0.384. The van der Waals surface area contributed by atoms with Gasteiger partial charge in [-0.1, -0.05) is 0 Å². The van der Waals surface area contributed by atoms with Gasteiger partial charge < -0.3 is 19.9 Å². The van der Waals surface area contributed by atoms with E-state index in [1.54, 1.807) is 24.3 Å². The fourth-order valence-electron chi connectivity index (χ4n) is 2.75. The Morgan fingerprint density at radius 2 is 1.81 bits per heavy atom. The highest BCUT2D eigenvalue weighted by molar-refractivity contribution is 5.95. The summed E-state index contributed by atoms with van der Waals surface area (Å²) in [4.78, 5) is 34.6. The molecule has 1 atom stereocenters. The summed E-state index contributed by atoms with van der Waals surface area (Å²) in [6.07, 6.45) is 1.27. The summed E-state index contributed by atoms with van der Waals surface area (Å²) in [5, 5.41) is 26.9. The summed E-state index contributed by atoms with van der Waals surface area (Å²) in [5.41, 5.74) is -0.344. The number of anilines is 1. The Bertz CT molecular complexity index is 1120. The number of hydrogen-bond acceptors (Lipinski definition) is 7. The molecule has 160 valence electrons. The summed E-state index contributed by atoms with van der Waals surface area (Å²) in [6, 6.07) is 10.7. The number of carboxylic acid groups (broad SMARTS) is 1. The average molecular weight is 426 g/mol. The Balaban J connectivity index is 1.84. The first-order chi connectivity index (χ1) is 14.8. The van der Waals surface area contributed by atoms with Gasteiger partial charge >= 0.3 is 5.97 Å². The Morgan fingerprint density at radius 3 is 2.42 bits per heavy atom. The van der Waals surface area contributed by atoms with E-state index >= 15 is 0 Å². The number of amides is 1. The topological polar surface area (TPSA) is 146 Å². The second-order valence-corrected chi connectivity index (χ2v) is 6.38. The molecule has 3 aromatic rings. The lowest BCUT2D eigenvalue weighted by Crippen LogP contribution is -2.26. The van der Waals surface area contributed by atoms with E-state index in [2.05, 4.69) is 10.4 Å². The summed E-state index contributed by atoms with van der Waals surface area (Å²) < 4.78 is 11.8. The van der Waals surface area contributed by atoms with E-state index in [-0.39, 0.29) is 22.8 Å². The number of nitro benzene ring substituents is 1. The van der Waals surface area contributed by atoms with Crippen LogP contribution in [0.15, 0.2) is 54.7 Å². The normalized spacial score (nSPS) is 11.4. The zero-order valence-electron chi connectivity index (χ0n) is 16.5. The van der Waals surface area contributed by atoms with Crippen LogP contribution in [-0.2, 0) is 4.79 Å². The number of hydrogen-bond donors (Lipinski definition) is 2. The van der Waals surface area contributed by atoms with Crippen LogP contribution in [0.4, 0.5) is 11.4 Å². The largest absolute Gasteiger partial charge is 0.497 e. The van der Waals surface area contributed by atoms with E-state index in [0.29, 0.717) is 11.5 Å². The summed E-state index contributed by atoms with van der Waals surface area (Å²) >= 11 is 0. The zero-order valence-corrected chi connectivity index (χ0v) is 16.5. The van der Waals surface area contributed by atoms with Gasteiger partial charge in [-0.15, -0.1) is 0 Å². The van der Waals surface area contributed by atoms with Crippen molar-refractivity contribution in [2.75, 3.05) is 12.4 Å². The number of methoxy groups -OCH3 is 1. The maximum absolute atomic E-state index is 12.6. The minimum Gasteiger partial charge on any atom is -0.497 e. The molecule has 11 nitrogen and oxygen atoms in total. The second-order valence-electron chi connectivity index (χ2n) is 6.38. The molecule has 2 N–H and O–H groups in total. The molecular formula is C20H18N4O7. The summed E-state index contributed by atoms with van der Waals surface area (Å²) in [6.45, 7) is 1.46. The predicted molar refractivity (Wildman–Crippen MR) is 109 cm³/mol. The number of aromatic nitrogens is 2. The number of nitro groups is 1. The van der Waals surface area contributed by atoms with E-state index in [0.717, 1.165) is 4.68 Å². The van der Waals surface area contributed by atoms with Gasteiger partial charge in [0.15, 0.2) is 0 Å². The van der Waals surface area contributed by atoms with Crippen LogP contribution in [0.1, 0.15) is 23.5 Å². The Kier molecular flexibility index (Phi) is 6.15. The number of aromatic carboxylic acids is 1. The van der Waals surface area contributed by atoms with Gasteiger partial charge in [0, 0.05) is 18.3 Å². The molecule has 0 aliphatic carbocycles. The highest BCUT2D eigenvalue weighted by Crippen LogP contribution is 2.31. The van der Waals surface area contributed by atoms with Crippen LogP contribution in [0, 0.1) is 10.1 Å². The van der Waals surface area contributed by atoms with Crippen molar-refractivity contribution < 1.29 is 29.1 Å². The van der Waals surface area contributed by atoms with Crippen LogP contribution >= 0.6 is 0 Å². The third-order valence-corrected chi connectivity index (χ3v) is 4.30. The van der Waals surface area contributed by atoms with E-state index < -0.39 is 22.8 Å². The number of benzene rings is 2. The molecule has 0 aliphatic rings. The number of nitrogens with one attached hydrogen (secondary N) is 1. The molecule has 1 heterocycles. The minimum absolute atomic E-state index is 0.110. The van der Waals surface area contributed by atoms with E-state index in [1.807, 2.05) is 0 Å². The first-order valence-electron chi connectivity index (χ1n) is 8.97. The van der Waals surface area contributed by atoms with Crippen LogP contribution < -0.4 is 14.8 Å². The maximum atomic E-state index is 12.6. The molecule has 11 heteroatoms. The van der Waals surface area contributed by atoms with Crippen molar-refractivity contribution in [3.8, 4) is 17.2 Å². The zero-order chi connectivity index (χ0) is 22.5. The molecule has 31 heavy (non-hydrogen) atoms. The molecule has 2 aromatic carbocycles. The third-order valence-electron chi connectivity index (χ3n) is 4.30. The summed E-state index contributed by atoms with van der Waals surface area (Å²) in [7, 11) is 1.52. The van der Waals surface area contributed by atoms with Crippen LogP contribution in [0.5, 0.6) is 17.2 Å². The van der Waals surface area contributed by atoms with Gasteiger partial charge in [-0.05, 0) is 37.3 Å². The third kappa shape index (κ3) is 4.96. The van der Waals surface area contributed by atoms with Gasteiger partial charge in [0.25, 0.3) is 5.69 Å². The fourth-order valence-corrected chi connectivity index (χ4v) is 2.75. The molecule has 0 radical (unpaired) electrons. The molecule has 0 saturated carbocycles. The molecule has 0 aliphatic heterocycles. The van der Waals surface area contributed by atoms with Gasteiger partial charge in [0.05, 0.1) is 23.8 Å². The number of non-ortho nitro benzene ring substituents is 1. The molecular weight excluding hydrogens is 408 g/mol. The van der Waals surface area contributed by atoms with Crippen LogP contribution in [0.25, 0.3) is 0 Å². The molecule has 0 saturated heterocycles. The predicted octanol–water partition coefficient (Wildman–Crippen LogP) is 3.49. The van der Waals surface area contributed by atoms with Crippen molar-refractivity contribution in [1.82, 2.24) is 9.78 Å². The smallest absolute Gasteiger partial charge is 0.354 e. The summed E-state index contributed by atoms with van der Waals surface area (Å²) in [5.74, 6) is -0.681. The van der Waals surface area contributed by atoms with E-state index in [4.69, 9.17) is 9.47 Å². The minimum atomic E-state index is -1.23. The van der Waals surface area contributed by atoms with Crippen molar-refractivity contribution >= 4 is 23.3 Å². The number of ether oxygens (including phenoxy) is 2. The van der Waals surface area contributed by atoms with Crippen molar-refractivity contribution in [1.29, 1.82) is 0 Å². The molecule has 1 aromatic heterocycles. The lowest BCUT2D eigenvalue weighted by Gasteiger charge is -2.15. The number of carboxylic acids is 1. The molecule has 1 amide bonds. The van der Waals surface area contributed by atoms with Crippen LogP contribution in [0.3, 0.4) is 0 Å². The Labute approximate surface area is 176 Å². The first-order valence-corrected chi connectivity index (χ1v) is 8.97. The average Bonchev–Trinajstić information content (AvgIpc) is 3.23. The van der Waals surface area contributed by atoms with Gasteiger partial charge in [-0.2, -0.15) is 5.10 Å².